The van der Waals surface area contributed by atoms with Gasteiger partial charge in [0.2, 0.25) is 5.79 Å². The third kappa shape index (κ3) is 2.96. The zero-order chi connectivity index (χ0) is 17.3. The number of carbonyl (C=O) groups excluding carboxylic acids is 1. The first kappa shape index (κ1) is 16.0. The van der Waals surface area contributed by atoms with E-state index in [2.05, 4.69) is 0 Å². The Morgan fingerprint density at radius 1 is 0.880 bits per heavy atom. The molecule has 0 unspecified atom stereocenters. The molecule has 4 nitrogen and oxygen atoms in total. The lowest BCUT2D eigenvalue weighted by molar-refractivity contribution is -0.117. The van der Waals surface area contributed by atoms with Gasteiger partial charge in [0.05, 0.1) is 6.61 Å². The van der Waals surface area contributed by atoms with Gasteiger partial charge in [0, 0.05) is 5.57 Å². The number of rotatable bonds is 3. The van der Waals surface area contributed by atoms with Gasteiger partial charge in [-0.1, -0.05) is 60.7 Å². The molecule has 1 fully saturated rings. The summed E-state index contributed by atoms with van der Waals surface area (Å²) >= 11 is 0. The van der Waals surface area contributed by atoms with Crippen molar-refractivity contribution in [2.24, 2.45) is 0 Å². The summed E-state index contributed by atoms with van der Waals surface area (Å²) in [5.74, 6) is -1.37. The maximum atomic E-state index is 11.8. The summed E-state index contributed by atoms with van der Waals surface area (Å²) in [6, 6.07) is 19.7. The summed E-state index contributed by atoms with van der Waals surface area (Å²) in [5.41, 5.74) is 2.28. The van der Waals surface area contributed by atoms with Crippen LogP contribution >= 0.6 is 0 Å². The van der Waals surface area contributed by atoms with E-state index < -0.39 is 5.79 Å². The van der Waals surface area contributed by atoms with Crippen molar-refractivity contribution in [1.29, 1.82) is 0 Å². The van der Waals surface area contributed by atoms with Gasteiger partial charge in [-0.15, -0.1) is 0 Å². The summed E-state index contributed by atoms with van der Waals surface area (Å²) in [4.78, 5) is 11.8. The van der Waals surface area contributed by atoms with Crippen molar-refractivity contribution in [3.05, 3.63) is 95.6 Å². The maximum absolute atomic E-state index is 11.8. The fraction of sp³-hybridized carbons (Fsp3) is 0.190. The molecular weight excluding hydrogens is 316 g/mol. The second-order valence-corrected chi connectivity index (χ2v) is 6.14. The molecule has 1 heterocycles. The van der Waals surface area contributed by atoms with Crippen LogP contribution in [0, 0.1) is 0 Å². The third-order valence-corrected chi connectivity index (χ3v) is 4.48. The van der Waals surface area contributed by atoms with Crippen LogP contribution in [0.4, 0.5) is 0 Å². The van der Waals surface area contributed by atoms with Crippen molar-refractivity contribution in [3.8, 4) is 0 Å². The van der Waals surface area contributed by atoms with Crippen molar-refractivity contribution in [1.82, 2.24) is 0 Å². The minimum atomic E-state index is -1.15. The molecule has 1 saturated heterocycles. The molecule has 2 aliphatic rings. The smallest absolute Gasteiger partial charge is 0.210 e. The van der Waals surface area contributed by atoms with Crippen LogP contribution in [-0.4, -0.2) is 23.3 Å². The van der Waals surface area contributed by atoms with Crippen LogP contribution in [0.5, 0.6) is 0 Å². The molecule has 0 amide bonds. The highest BCUT2D eigenvalue weighted by Crippen LogP contribution is 2.49. The molecular formula is C21H18O4. The van der Waals surface area contributed by atoms with Gasteiger partial charge in [-0.2, -0.15) is 0 Å². The van der Waals surface area contributed by atoms with Gasteiger partial charge in [-0.05, 0) is 29.4 Å². The Hall–Kier alpha value is -2.53. The van der Waals surface area contributed by atoms with Crippen molar-refractivity contribution in [3.63, 3.8) is 0 Å². The molecule has 2 aromatic rings. The molecule has 2 atom stereocenters. The third-order valence-electron chi connectivity index (χ3n) is 4.48. The Bertz CT molecular complexity index is 776. The molecule has 0 bridgehead atoms. The van der Waals surface area contributed by atoms with Gasteiger partial charge < -0.3 is 14.6 Å². The van der Waals surface area contributed by atoms with Crippen LogP contribution < -0.4 is 0 Å². The molecule has 25 heavy (non-hydrogen) atoms. The number of hydrogen-bond donors (Lipinski definition) is 1. The van der Waals surface area contributed by atoms with E-state index in [-0.39, 0.29) is 30.2 Å². The van der Waals surface area contributed by atoms with Crippen molar-refractivity contribution in [2.45, 2.75) is 18.0 Å². The number of ketones is 1. The summed E-state index contributed by atoms with van der Waals surface area (Å²) in [6.45, 7) is -0.344. The number of aliphatic hydroxyl groups excluding tert-OH is 1. The molecule has 0 saturated carbocycles. The fourth-order valence-corrected chi connectivity index (χ4v) is 3.25. The highest BCUT2D eigenvalue weighted by Gasteiger charge is 2.47. The number of benzene rings is 2. The normalized spacial score (nSPS) is 24.5. The summed E-state index contributed by atoms with van der Waals surface area (Å²) in [7, 11) is 0. The Morgan fingerprint density at radius 2 is 1.40 bits per heavy atom. The average Bonchev–Trinajstić information content (AvgIpc) is 3.05. The van der Waals surface area contributed by atoms with Crippen molar-refractivity contribution >= 4 is 5.78 Å². The van der Waals surface area contributed by atoms with Crippen LogP contribution in [0.2, 0.25) is 0 Å². The highest BCUT2D eigenvalue weighted by molar-refractivity contribution is 6.05. The van der Waals surface area contributed by atoms with Gasteiger partial charge in [0.25, 0.3) is 0 Å². The highest BCUT2D eigenvalue weighted by atomic mass is 16.8. The van der Waals surface area contributed by atoms with E-state index in [0.29, 0.717) is 0 Å². The van der Waals surface area contributed by atoms with E-state index in [1.54, 1.807) is 12.2 Å². The quantitative estimate of drug-likeness (QED) is 0.936. The van der Waals surface area contributed by atoms with Crippen LogP contribution in [0.25, 0.3) is 0 Å². The van der Waals surface area contributed by atoms with Crippen molar-refractivity contribution < 1.29 is 19.4 Å². The molecule has 126 valence electrons. The topological polar surface area (TPSA) is 55.8 Å². The summed E-state index contributed by atoms with van der Waals surface area (Å²) in [6.07, 6.45) is 3.96. The van der Waals surface area contributed by atoms with Gasteiger partial charge in [0.1, 0.15) is 12.2 Å². The number of allylic oxidation sites excluding steroid dienone is 1. The predicted octanol–water partition coefficient (Wildman–Crippen LogP) is 3.27. The Labute approximate surface area is 146 Å². The first-order valence-electron chi connectivity index (χ1n) is 8.22. The predicted molar refractivity (Wildman–Crippen MR) is 92.6 cm³/mol. The fourth-order valence-electron chi connectivity index (χ4n) is 3.25. The summed E-state index contributed by atoms with van der Waals surface area (Å²) in [5, 5.41) is 9.44. The molecule has 4 rings (SSSR count). The van der Waals surface area contributed by atoms with Gasteiger partial charge in [-0.25, -0.2) is 0 Å². The van der Waals surface area contributed by atoms with Crippen LogP contribution in [0.1, 0.15) is 23.3 Å². The monoisotopic (exact) mass is 334 g/mol. The molecule has 2 aromatic carbocycles. The number of hydrogen-bond acceptors (Lipinski definition) is 4. The standard InChI is InChI=1S/C21H18O4/c22-14-17-13-21(12-11-18(17)23)24-19(15-7-3-1-4-8-15)20(25-21)16-9-5-2-6-10-16/h1-13,19-20,22H,14H2/t19-,20-/m1/s1. The van der Waals surface area contributed by atoms with E-state index in [1.165, 1.54) is 6.08 Å². The lowest BCUT2D eigenvalue weighted by Crippen LogP contribution is -2.30. The zero-order valence-electron chi connectivity index (χ0n) is 13.5. The van der Waals surface area contributed by atoms with E-state index >= 15 is 0 Å². The lowest BCUT2D eigenvalue weighted by Gasteiger charge is -2.24. The van der Waals surface area contributed by atoms with Gasteiger partial charge in [-0.3, -0.25) is 4.79 Å². The number of ether oxygens (including phenoxy) is 2. The van der Waals surface area contributed by atoms with E-state index in [9.17, 15) is 9.90 Å². The largest absolute Gasteiger partial charge is 0.392 e. The second-order valence-electron chi connectivity index (χ2n) is 6.14. The van der Waals surface area contributed by atoms with E-state index in [1.807, 2.05) is 60.7 Å². The Morgan fingerprint density at radius 3 is 1.88 bits per heavy atom. The molecule has 1 spiro atoms. The first-order chi connectivity index (χ1) is 12.2. The van der Waals surface area contributed by atoms with E-state index in [4.69, 9.17) is 9.47 Å². The van der Waals surface area contributed by atoms with Crippen LogP contribution in [-0.2, 0) is 14.3 Å². The van der Waals surface area contributed by atoms with Gasteiger partial charge in [0.15, 0.2) is 5.78 Å². The molecule has 0 aromatic heterocycles. The van der Waals surface area contributed by atoms with Crippen LogP contribution in [0.15, 0.2) is 84.5 Å². The average molecular weight is 334 g/mol. The maximum Gasteiger partial charge on any atom is 0.210 e. The van der Waals surface area contributed by atoms with Gasteiger partial charge >= 0.3 is 0 Å². The number of carbonyl (C=O) groups is 1. The second kappa shape index (κ2) is 6.41. The number of aliphatic hydroxyl groups is 1. The Kier molecular flexibility index (Phi) is 4.09. The minimum absolute atomic E-state index is 0.222. The first-order valence-corrected chi connectivity index (χ1v) is 8.22. The Balaban J connectivity index is 1.76. The summed E-state index contributed by atoms with van der Waals surface area (Å²) < 4.78 is 12.5. The van der Waals surface area contributed by atoms with Crippen LogP contribution in [0.3, 0.4) is 0 Å². The SMILES string of the molecule is O=C1C=CC2(C=C1CO)O[C@H](c1ccccc1)[C@@H](c1ccccc1)O2. The molecule has 4 heteroatoms. The lowest BCUT2D eigenvalue weighted by atomic mass is 9.99. The van der Waals surface area contributed by atoms with E-state index in [0.717, 1.165) is 11.1 Å². The van der Waals surface area contributed by atoms with Crippen molar-refractivity contribution in [2.75, 3.05) is 6.61 Å². The molecule has 1 N–H and O–H groups in total. The minimum Gasteiger partial charge on any atom is -0.392 e. The molecule has 0 radical (unpaired) electrons. The zero-order valence-corrected chi connectivity index (χ0v) is 13.5. The molecule has 1 aliphatic heterocycles. The molecule has 1 aliphatic carbocycles.